The van der Waals surface area contributed by atoms with Crippen molar-refractivity contribution in [2.75, 3.05) is 5.73 Å². The lowest BCUT2D eigenvalue weighted by molar-refractivity contribution is -0.666. The Balaban J connectivity index is 1.82. The van der Waals surface area contributed by atoms with Gasteiger partial charge in [-0.2, -0.15) is 0 Å². The van der Waals surface area contributed by atoms with E-state index in [0.29, 0.717) is 18.3 Å². The molecule has 5 heteroatoms. The number of nitrogens with two attached hydrogens (primary N) is 1. The summed E-state index contributed by atoms with van der Waals surface area (Å²) >= 11 is 0. The number of rotatable bonds is 9. The summed E-state index contributed by atoms with van der Waals surface area (Å²) in [5, 5.41) is 10.4. The van der Waals surface area contributed by atoms with Gasteiger partial charge in [0.25, 0.3) is 0 Å². The SMILES string of the molecule is CCCCCCCn1c(N)[n+](C[C@@H](O)c2ccco2)c2ccccc21. The van der Waals surface area contributed by atoms with E-state index in [1.807, 2.05) is 22.8 Å². The van der Waals surface area contributed by atoms with Crippen LogP contribution in [0.25, 0.3) is 11.0 Å². The summed E-state index contributed by atoms with van der Waals surface area (Å²) in [4.78, 5) is 0. The molecule has 0 radical (unpaired) electrons. The van der Waals surface area contributed by atoms with Crippen molar-refractivity contribution in [1.29, 1.82) is 0 Å². The molecular weight excluding hydrogens is 314 g/mol. The van der Waals surface area contributed by atoms with Gasteiger partial charge in [0.2, 0.25) is 0 Å². The van der Waals surface area contributed by atoms with Crippen LogP contribution in [-0.4, -0.2) is 9.67 Å². The molecule has 0 amide bonds. The molecule has 1 atom stereocenters. The number of nitrogen functional groups attached to an aromatic ring is 1. The number of anilines is 1. The molecule has 2 aromatic heterocycles. The van der Waals surface area contributed by atoms with Crippen molar-refractivity contribution in [2.45, 2.75) is 58.2 Å². The number of unbranched alkanes of at least 4 members (excludes halogenated alkanes) is 4. The lowest BCUT2D eigenvalue weighted by atomic mass is 10.1. The van der Waals surface area contributed by atoms with E-state index in [9.17, 15) is 5.11 Å². The zero-order valence-corrected chi connectivity index (χ0v) is 14.9. The first-order valence-electron chi connectivity index (χ1n) is 9.20. The minimum absolute atomic E-state index is 0.378. The van der Waals surface area contributed by atoms with Gasteiger partial charge in [0.1, 0.15) is 29.4 Å². The van der Waals surface area contributed by atoms with Gasteiger partial charge < -0.3 is 9.52 Å². The lowest BCUT2D eigenvalue weighted by Crippen LogP contribution is -2.39. The van der Waals surface area contributed by atoms with Crippen LogP contribution in [0, 0.1) is 0 Å². The van der Waals surface area contributed by atoms with Gasteiger partial charge in [-0.15, -0.1) is 0 Å². The Bertz CT molecular complexity index is 793. The maximum atomic E-state index is 10.4. The van der Waals surface area contributed by atoms with Crippen LogP contribution < -0.4 is 10.3 Å². The summed E-state index contributed by atoms with van der Waals surface area (Å²) < 4.78 is 9.46. The number of imidazole rings is 1. The molecule has 0 aliphatic carbocycles. The number of furan rings is 1. The zero-order chi connectivity index (χ0) is 17.6. The summed E-state index contributed by atoms with van der Waals surface area (Å²) in [6, 6.07) is 11.7. The van der Waals surface area contributed by atoms with E-state index in [-0.39, 0.29) is 0 Å². The van der Waals surface area contributed by atoms with Crippen LogP contribution in [-0.2, 0) is 13.1 Å². The molecule has 25 heavy (non-hydrogen) atoms. The van der Waals surface area contributed by atoms with E-state index in [0.717, 1.165) is 24.0 Å². The maximum Gasteiger partial charge on any atom is 0.356 e. The molecule has 3 N–H and O–H groups in total. The van der Waals surface area contributed by atoms with Gasteiger partial charge in [0, 0.05) is 0 Å². The van der Waals surface area contributed by atoms with Gasteiger partial charge in [0.15, 0.2) is 0 Å². The zero-order valence-electron chi connectivity index (χ0n) is 14.9. The fraction of sp³-hybridized carbons (Fsp3) is 0.450. The topological polar surface area (TPSA) is 68.2 Å². The number of fused-ring (bicyclic) bond motifs is 1. The summed E-state index contributed by atoms with van der Waals surface area (Å²) in [5.74, 6) is 1.24. The van der Waals surface area contributed by atoms with Gasteiger partial charge in [-0.05, 0) is 30.7 Å². The fourth-order valence-corrected chi connectivity index (χ4v) is 3.36. The van der Waals surface area contributed by atoms with Crippen molar-refractivity contribution in [3.63, 3.8) is 0 Å². The quantitative estimate of drug-likeness (QED) is 0.459. The number of aliphatic hydroxyl groups excluding tert-OH is 1. The van der Waals surface area contributed by atoms with Crippen LogP contribution in [0.5, 0.6) is 0 Å². The smallest absolute Gasteiger partial charge is 0.356 e. The van der Waals surface area contributed by atoms with E-state index in [1.165, 1.54) is 25.7 Å². The highest BCUT2D eigenvalue weighted by Gasteiger charge is 2.23. The highest BCUT2D eigenvalue weighted by Crippen LogP contribution is 2.20. The Morgan fingerprint density at radius 1 is 1.12 bits per heavy atom. The summed E-state index contributed by atoms with van der Waals surface area (Å²) in [5.41, 5.74) is 8.60. The molecule has 0 bridgehead atoms. The molecule has 0 spiro atoms. The molecule has 0 fully saturated rings. The second-order valence-corrected chi connectivity index (χ2v) is 6.55. The molecule has 0 unspecified atom stereocenters. The number of aromatic nitrogens is 2. The third kappa shape index (κ3) is 3.87. The first-order chi connectivity index (χ1) is 12.2. The number of hydrogen-bond donors (Lipinski definition) is 2. The molecular formula is C20H28N3O2+. The molecule has 3 aromatic rings. The highest BCUT2D eigenvalue weighted by atomic mass is 16.4. The molecule has 0 aliphatic rings. The third-order valence-corrected chi connectivity index (χ3v) is 4.73. The molecule has 0 aliphatic heterocycles. The number of para-hydroxylation sites is 2. The monoisotopic (exact) mass is 342 g/mol. The minimum Gasteiger partial charge on any atom is -0.466 e. The van der Waals surface area contributed by atoms with Crippen molar-refractivity contribution in [3.8, 4) is 0 Å². The molecule has 0 saturated heterocycles. The average Bonchev–Trinajstić information content (AvgIpc) is 3.24. The predicted molar refractivity (Wildman–Crippen MR) is 99.0 cm³/mol. The molecule has 3 rings (SSSR count). The highest BCUT2D eigenvalue weighted by molar-refractivity contribution is 5.73. The van der Waals surface area contributed by atoms with Crippen molar-refractivity contribution in [2.24, 2.45) is 0 Å². The fourth-order valence-electron chi connectivity index (χ4n) is 3.36. The van der Waals surface area contributed by atoms with E-state index < -0.39 is 6.10 Å². The van der Waals surface area contributed by atoms with Crippen LogP contribution >= 0.6 is 0 Å². The second kappa shape index (κ2) is 8.21. The third-order valence-electron chi connectivity index (χ3n) is 4.73. The van der Waals surface area contributed by atoms with Gasteiger partial charge >= 0.3 is 5.95 Å². The first-order valence-corrected chi connectivity index (χ1v) is 9.20. The molecule has 2 heterocycles. The number of aliphatic hydroxyl groups is 1. The number of aryl methyl sites for hydroxylation is 1. The maximum absolute atomic E-state index is 10.4. The van der Waals surface area contributed by atoms with Gasteiger partial charge in [-0.1, -0.05) is 44.7 Å². The van der Waals surface area contributed by atoms with Crippen molar-refractivity contribution >= 4 is 17.0 Å². The summed E-state index contributed by atoms with van der Waals surface area (Å²) in [6.45, 7) is 3.51. The first kappa shape index (κ1) is 17.5. The molecule has 5 nitrogen and oxygen atoms in total. The van der Waals surface area contributed by atoms with E-state index in [1.54, 1.807) is 18.4 Å². The Morgan fingerprint density at radius 3 is 2.68 bits per heavy atom. The Morgan fingerprint density at radius 2 is 1.92 bits per heavy atom. The van der Waals surface area contributed by atoms with Crippen LogP contribution in [0.4, 0.5) is 5.95 Å². The Hall–Kier alpha value is -2.27. The Labute approximate surface area is 148 Å². The number of hydrogen-bond acceptors (Lipinski definition) is 3. The van der Waals surface area contributed by atoms with Gasteiger partial charge in [0.05, 0.1) is 12.8 Å². The molecule has 134 valence electrons. The van der Waals surface area contributed by atoms with Crippen molar-refractivity contribution in [3.05, 3.63) is 48.4 Å². The average molecular weight is 342 g/mol. The largest absolute Gasteiger partial charge is 0.466 e. The van der Waals surface area contributed by atoms with Gasteiger partial charge in [-0.3, -0.25) is 5.73 Å². The molecule has 1 aromatic carbocycles. The van der Waals surface area contributed by atoms with E-state index >= 15 is 0 Å². The minimum atomic E-state index is -0.717. The van der Waals surface area contributed by atoms with Crippen LogP contribution in [0.1, 0.15) is 50.9 Å². The van der Waals surface area contributed by atoms with Gasteiger partial charge in [-0.25, -0.2) is 9.13 Å². The Kier molecular flexibility index (Phi) is 5.76. The van der Waals surface area contributed by atoms with Crippen molar-refractivity contribution < 1.29 is 14.1 Å². The predicted octanol–water partition coefficient (Wildman–Crippen LogP) is 3.81. The second-order valence-electron chi connectivity index (χ2n) is 6.55. The normalized spacial score (nSPS) is 12.7. The number of nitrogens with zero attached hydrogens (tertiary/aromatic N) is 2. The van der Waals surface area contributed by atoms with Crippen LogP contribution in [0.3, 0.4) is 0 Å². The van der Waals surface area contributed by atoms with Crippen LogP contribution in [0.2, 0.25) is 0 Å². The summed E-state index contributed by atoms with van der Waals surface area (Å²) in [6.07, 6.45) is 7.00. The van der Waals surface area contributed by atoms with Crippen molar-refractivity contribution in [1.82, 2.24) is 4.57 Å². The lowest BCUT2D eigenvalue weighted by Gasteiger charge is -2.07. The standard InChI is InChI=1S/C20H27N3O2/c1-2-3-4-5-8-13-22-16-10-6-7-11-17(16)23(20(22)21)15-18(24)19-12-9-14-25-19/h6-7,9-12,14,18,21,24H,2-5,8,13,15H2,1H3/p+1/t18-/m1/s1. The van der Waals surface area contributed by atoms with E-state index in [2.05, 4.69) is 17.6 Å². The summed E-state index contributed by atoms with van der Waals surface area (Å²) in [7, 11) is 0. The van der Waals surface area contributed by atoms with Crippen LogP contribution in [0.15, 0.2) is 47.1 Å². The molecule has 0 saturated carbocycles. The number of benzene rings is 1. The van der Waals surface area contributed by atoms with E-state index in [4.69, 9.17) is 10.2 Å².